The van der Waals surface area contributed by atoms with Crippen LogP contribution in [0.4, 0.5) is 5.69 Å². The van der Waals surface area contributed by atoms with Crippen LogP contribution in [0.25, 0.3) is 21.9 Å². The minimum absolute atomic E-state index is 0.227. The van der Waals surface area contributed by atoms with Gasteiger partial charge in [-0.05, 0) is 49.7 Å². The Balaban J connectivity index is 1.31. The maximum atomic E-state index is 12.9. The van der Waals surface area contributed by atoms with Crippen molar-refractivity contribution >= 4 is 37.6 Å². The molecule has 30 heavy (non-hydrogen) atoms. The Bertz CT molecular complexity index is 1150. The molecular formula is C22H29N5O2S. The van der Waals surface area contributed by atoms with Gasteiger partial charge in [-0.15, -0.1) is 0 Å². The van der Waals surface area contributed by atoms with Crippen molar-refractivity contribution in [3.05, 3.63) is 30.7 Å². The van der Waals surface area contributed by atoms with Crippen LogP contribution in [0.1, 0.15) is 32.6 Å². The number of hydrogen-bond acceptors (Lipinski definition) is 5. The molecule has 0 aromatic carbocycles. The summed E-state index contributed by atoms with van der Waals surface area (Å²) in [7, 11) is -3.16. The first-order valence-electron chi connectivity index (χ1n) is 10.9. The van der Waals surface area contributed by atoms with Crippen LogP contribution in [0.15, 0.2) is 30.7 Å². The Kier molecular flexibility index (Phi) is 5.14. The molecule has 5 rings (SSSR count). The number of anilines is 1. The summed E-state index contributed by atoms with van der Waals surface area (Å²) in [4.78, 5) is 14.5. The van der Waals surface area contributed by atoms with Crippen molar-refractivity contribution < 1.29 is 8.42 Å². The highest BCUT2D eigenvalue weighted by atomic mass is 32.2. The maximum absolute atomic E-state index is 12.9. The Morgan fingerprint density at radius 2 is 1.97 bits per heavy atom. The van der Waals surface area contributed by atoms with Crippen LogP contribution >= 0.6 is 0 Å². The van der Waals surface area contributed by atoms with Crippen LogP contribution in [0.5, 0.6) is 0 Å². The van der Waals surface area contributed by atoms with Crippen LogP contribution in [0.3, 0.4) is 0 Å². The van der Waals surface area contributed by atoms with Crippen molar-refractivity contribution in [2.45, 2.75) is 32.6 Å². The van der Waals surface area contributed by atoms with Gasteiger partial charge in [-0.3, -0.25) is 4.98 Å². The van der Waals surface area contributed by atoms with Crippen LogP contribution in [0.2, 0.25) is 0 Å². The monoisotopic (exact) mass is 427 g/mol. The molecule has 0 saturated carbocycles. The van der Waals surface area contributed by atoms with Crippen molar-refractivity contribution in [2.24, 2.45) is 11.8 Å². The molecule has 1 atom stereocenters. The van der Waals surface area contributed by atoms with Crippen LogP contribution in [-0.2, 0) is 10.0 Å². The van der Waals surface area contributed by atoms with Gasteiger partial charge < -0.3 is 9.88 Å². The van der Waals surface area contributed by atoms with E-state index in [1.54, 1.807) is 4.31 Å². The zero-order valence-electron chi connectivity index (χ0n) is 17.4. The molecule has 3 aromatic rings. The number of rotatable bonds is 4. The molecule has 160 valence electrons. The fraction of sp³-hybridized carbons (Fsp3) is 0.545. The molecule has 2 aliphatic rings. The van der Waals surface area contributed by atoms with Gasteiger partial charge in [0.1, 0.15) is 5.65 Å². The molecule has 7 nitrogen and oxygen atoms in total. The number of pyridine rings is 2. The fourth-order valence-corrected chi connectivity index (χ4v) is 7.07. The molecule has 1 N–H and O–H groups in total. The molecule has 0 amide bonds. The zero-order chi connectivity index (χ0) is 20.7. The van der Waals surface area contributed by atoms with Gasteiger partial charge in [0.25, 0.3) is 0 Å². The second-order valence-corrected chi connectivity index (χ2v) is 10.9. The number of nitrogens with zero attached hydrogens (tertiary/aromatic N) is 4. The van der Waals surface area contributed by atoms with Crippen molar-refractivity contribution in [3.63, 3.8) is 0 Å². The normalized spacial score (nSPS) is 22.2. The van der Waals surface area contributed by atoms with E-state index < -0.39 is 10.0 Å². The van der Waals surface area contributed by atoms with E-state index in [0.29, 0.717) is 19.0 Å². The number of hydrogen-bond donors (Lipinski definition) is 1. The largest absolute Gasteiger partial charge is 0.371 e. The number of H-pyrrole nitrogens is 1. The quantitative estimate of drug-likeness (QED) is 0.690. The fourth-order valence-electron chi connectivity index (χ4n) is 5.04. The lowest BCUT2D eigenvalue weighted by Crippen LogP contribution is -2.43. The third kappa shape index (κ3) is 3.67. The first-order chi connectivity index (χ1) is 14.5. The van der Waals surface area contributed by atoms with E-state index in [1.807, 2.05) is 18.6 Å². The number of nitrogens with one attached hydrogen (secondary N) is 1. The van der Waals surface area contributed by atoms with Crippen molar-refractivity contribution in [1.29, 1.82) is 0 Å². The summed E-state index contributed by atoms with van der Waals surface area (Å²) in [5.74, 6) is 0.983. The number of fused-ring (bicyclic) bond motifs is 3. The Labute approximate surface area is 177 Å². The molecular weight excluding hydrogens is 398 g/mol. The standard InChI is InChI=1S/C22H29N5O2S/c1-16-3-2-10-27(14-16)30(28,29)15-17-6-11-26(12-7-17)20-5-9-23-19-13-25-22-18(21(19)20)4-8-24-22/h4-5,8-9,13,16-17H,2-3,6-7,10-12,14-15H2,1H3,(H,24,25). The first-order valence-corrected chi connectivity index (χ1v) is 12.6. The summed E-state index contributed by atoms with van der Waals surface area (Å²) in [5, 5.41) is 2.21. The van der Waals surface area contributed by atoms with Gasteiger partial charge in [0.05, 0.1) is 17.5 Å². The first kappa shape index (κ1) is 19.8. The van der Waals surface area contributed by atoms with Gasteiger partial charge in [0.15, 0.2) is 0 Å². The van der Waals surface area contributed by atoms with E-state index in [0.717, 1.165) is 66.4 Å². The Morgan fingerprint density at radius 3 is 2.77 bits per heavy atom. The highest BCUT2D eigenvalue weighted by Crippen LogP contribution is 2.34. The zero-order valence-corrected chi connectivity index (χ0v) is 18.2. The predicted octanol–water partition coefficient (Wildman–Crippen LogP) is 3.39. The second-order valence-electron chi connectivity index (χ2n) is 8.90. The summed E-state index contributed by atoms with van der Waals surface area (Å²) >= 11 is 0. The van der Waals surface area contributed by atoms with Crippen molar-refractivity contribution in [1.82, 2.24) is 19.3 Å². The highest BCUT2D eigenvalue weighted by Gasteiger charge is 2.31. The topological polar surface area (TPSA) is 82.2 Å². The van der Waals surface area contributed by atoms with E-state index in [2.05, 4.69) is 38.9 Å². The van der Waals surface area contributed by atoms with E-state index in [4.69, 9.17) is 0 Å². The lowest BCUT2D eigenvalue weighted by Gasteiger charge is -2.36. The van der Waals surface area contributed by atoms with E-state index in [9.17, 15) is 8.42 Å². The van der Waals surface area contributed by atoms with Crippen LogP contribution in [-0.4, -0.2) is 59.6 Å². The number of aromatic amines is 1. The van der Waals surface area contributed by atoms with Crippen LogP contribution in [0, 0.1) is 11.8 Å². The molecule has 8 heteroatoms. The van der Waals surface area contributed by atoms with Crippen LogP contribution < -0.4 is 4.90 Å². The lowest BCUT2D eigenvalue weighted by molar-refractivity contribution is 0.278. The molecule has 5 heterocycles. The van der Waals surface area contributed by atoms with Gasteiger partial charge >= 0.3 is 0 Å². The summed E-state index contributed by atoms with van der Waals surface area (Å²) in [5.41, 5.74) is 2.93. The number of aromatic nitrogens is 3. The molecule has 2 aliphatic heterocycles. The second kappa shape index (κ2) is 7.81. The Morgan fingerprint density at radius 1 is 1.13 bits per heavy atom. The SMILES string of the molecule is CC1CCCN(S(=O)(=O)CC2CCN(c3ccnc4cnc5[nH]ccc5c34)CC2)C1. The summed E-state index contributed by atoms with van der Waals surface area (Å²) < 4.78 is 27.6. The van der Waals surface area contributed by atoms with E-state index >= 15 is 0 Å². The van der Waals surface area contributed by atoms with Gasteiger partial charge in [-0.25, -0.2) is 17.7 Å². The molecule has 2 fully saturated rings. The molecule has 0 bridgehead atoms. The van der Waals surface area contributed by atoms with E-state index in [1.165, 1.54) is 0 Å². The van der Waals surface area contributed by atoms with E-state index in [-0.39, 0.29) is 11.7 Å². The minimum atomic E-state index is -3.16. The van der Waals surface area contributed by atoms with Gasteiger partial charge in [0.2, 0.25) is 10.0 Å². The molecule has 2 saturated heterocycles. The Hall–Kier alpha value is -2.19. The third-order valence-electron chi connectivity index (χ3n) is 6.68. The minimum Gasteiger partial charge on any atom is -0.371 e. The third-order valence-corrected chi connectivity index (χ3v) is 8.69. The van der Waals surface area contributed by atoms with Crippen molar-refractivity contribution in [2.75, 3.05) is 36.8 Å². The molecule has 3 aromatic heterocycles. The average Bonchev–Trinajstić information content (AvgIpc) is 3.23. The lowest BCUT2D eigenvalue weighted by atomic mass is 9.98. The predicted molar refractivity (Wildman–Crippen MR) is 120 cm³/mol. The van der Waals surface area contributed by atoms with Gasteiger partial charge in [-0.2, -0.15) is 0 Å². The van der Waals surface area contributed by atoms with Gasteiger partial charge in [-0.1, -0.05) is 6.92 Å². The smallest absolute Gasteiger partial charge is 0.214 e. The molecule has 0 spiro atoms. The van der Waals surface area contributed by atoms with Gasteiger partial charge in [0, 0.05) is 55.0 Å². The summed E-state index contributed by atoms with van der Waals surface area (Å²) in [6.45, 7) is 5.25. The maximum Gasteiger partial charge on any atom is 0.214 e. The average molecular weight is 428 g/mol. The molecule has 1 unspecified atom stereocenters. The number of sulfonamides is 1. The molecule has 0 aliphatic carbocycles. The highest BCUT2D eigenvalue weighted by molar-refractivity contribution is 7.89. The summed E-state index contributed by atoms with van der Waals surface area (Å²) in [6, 6.07) is 4.12. The number of piperidine rings is 2. The summed E-state index contributed by atoms with van der Waals surface area (Å²) in [6.07, 6.45) is 9.47. The van der Waals surface area contributed by atoms with Crippen molar-refractivity contribution in [3.8, 4) is 0 Å². The molecule has 0 radical (unpaired) electrons.